The zero-order valence-electron chi connectivity index (χ0n) is 8.88. The number of thioether (sulfide) groups is 1. The Bertz CT molecular complexity index is 402. The molecule has 16 heavy (non-hydrogen) atoms. The molecule has 2 atom stereocenters. The van der Waals surface area contributed by atoms with E-state index in [1.54, 1.807) is 19.1 Å². The van der Waals surface area contributed by atoms with Crippen molar-refractivity contribution in [3.8, 4) is 0 Å². The Labute approximate surface area is 98.2 Å². The minimum atomic E-state index is -0.210. The fourth-order valence-electron chi connectivity index (χ4n) is 1.51. The molecule has 1 saturated heterocycles. The number of carbonyl (C=O) groups excluding carboxylic acids is 2. The lowest BCUT2D eigenvalue weighted by atomic mass is 10.1. The molecule has 0 unspecified atom stereocenters. The third-order valence-corrected chi connectivity index (χ3v) is 3.88. The highest BCUT2D eigenvalue weighted by Crippen LogP contribution is 2.29. The van der Waals surface area contributed by atoms with Crippen LogP contribution in [0.4, 0.5) is 0 Å². The van der Waals surface area contributed by atoms with Gasteiger partial charge in [-0.15, -0.1) is 0 Å². The smallest absolute Gasteiger partial charge is 0.309 e. The number of benzene rings is 1. The van der Waals surface area contributed by atoms with Gasteiger partial charge in [-0.2, -0.15) is 0 Å². The molecule has 1 heterocycles. The Morgan fingerprint density at radius 2 is 2.06 bits per heavy atom. The Hall–Kier alpha value is -1.29. The standard InChI is InChI=1S/C12H12O3S/c1-8-10(7-15-11(8)13)16-12(14)9-5-3-2-4-6-9/h2-6,8,10H,7H2,1H3/t8-,10-/m0/s1. The van der Waals surface area contributed by atoms with Gasteiger partial charge in [0.05, 0.1) is 11.2 Å². The summed E-state index contributed by atoms with van der Waals surface area (Å²) < 4.78 is 4.90. The molecular weight excluding hydrogens is 224 g/mol. The molecule has 1 aromatic rings. The lowest BCUT2D eigenvalue weighted by Crippen LogP contribution is -2.16. The predicted octanol–water partition coefficient (Wildman–Crippen LogP) is 2.12. The van der Waals surface area contributed by atoms with E-state index in [1.165, 1.54) is 11.8 Å². The van der Waals surface area contributed by atoms with Crippen LogP contribution in [-0.2, 0) is 9.53 Å². The van der Waals surface area contributed by atoms with Crippen molar-refractivity contribution in [2.45, 2.75) is 12.2 Å². The van der Waals surface area contributed by atoms with E-state index in [4.69, 9.17) is 4.74 Å². The molecule has 1 fully saturated rings. The summed E-state index contributed by atoms with van der Waals surface area (Å²) >= 11 is 1.19. The summed E-state index contributed by atoms with van der Waals surface area (Å²) in [4.78, 5) is 23.0. The average molecular weight is 236 g/mol. The largest absolute Gasteiger partial charge is 0.464 e. The molecule has 4 heteroatoms. The van der Waals surface area contributed by atoms with Crippen molar-refractivity contribution in [1.82, 2.24) is 0 Å². The summed E-state index contributed by atoms with van der Waals surface area (Å²) in [5.74, 6) is -0.406. The maximum atomic E-state index is 11.8. The van der Waals surface area contributed by atoms with Crippen LogP contribution in [0.25, 0.3) is 0 Å². The lowest BCUT2D eigenvalue weighted by Gasteiger charge is -2.08. The molecule has 3 nitrogen and oxygen atoms in total. The summed E-state index contributed by atoms with van der Waals surface area (Å²) in [6.45, 7) is 2.13. The van der Waals surface area contributed by atoms with Gasteiger partial charge in [0.1, 0.15) is 6.61 Å². The monoisotopic (exact) mass is 236 g/mol. The van der Waals surface area contributed by atoms with E-state index in [1.807, 2.05) is 18.2 Å². The van der Waals surface area contributed by atoms with Crippen LogP contribution >= 0.6 is 11.8 Å². The summed E-state index contributed by atoms with van der Waals surface area (Å²) in [7, 11) is 0. The van der Waals surface area contributed by atoms with Crippen molar-refractivity contribution in [3.05, 3.63) is 35.9 Å². The van der Waals surface area contributed by atoms with Gasteiger partial charge in [-0.05, 0) is 0 Å². The summed E-state index contributed by atoms with van der Waals surface area (Å²) in [6, 6.07) is 9.07. The van der Waals surface area contributed by atoms with Crippen LogP contribution in [0.3, 0.4) is 0 Å². The Morgan fingerprint density at radius 1 is 1.38 bits per heavy atom. The van der Waals surface area contributed by atoms with Crippen molar-refractivity contribution in [2.24, 2.45) is 5.92 Å². The third-order valence-electron chi connectivity index (χ3n) is 2.59. The van der Waals surface area contributed by atoms with Crippen LogP contribution in [0.1, 0.15) is 17.3 Å². The van der Waals surface area contributed by atoms with Crippen molar-refractivity contribution in [1.29, 1.82) is 0 Å². The molecule has 1 aromatic carbocycles. The molecule has 0 spiro atoms. The van der Waals surface area contributed by atoms with Crippen LogP contribution in [0.2, 0.25) is 0 Å². The van der Waals surface area contributed by atoms with E-state index >= 15 is 0 Å². The van der Waals surface area contributed by atoms with Crippen molar-refractivity contribution < 1.29 is 14.3 Å². The van der Waals surface area contributed by atoms with Gasteiger partial charge < -0.3 is 4.74 Å². The first-order valence-corrected chi connectivity index (χ1v) is 5.99. The zero-order chi connectivity index (χ0) is 11.5. The first-order valence-electron chi connectivity index (χ1n) is 5.11. The first kappa shape index (κ1) is 11.2. The number of rotatable bonds is 2. The summed E-state index contributed by atoms with van der Waals surface area (Å²) in [6.07, 6.45) is 0. The zero-order valence-corrected chi connectivity index (χ0v) is 9.70. The van der Waals surface area contributed by atoms with Crippen LogP contribution in [-0.4, -0.2) is 22.9 Å². The predicted molar refractivity (Wildman–Crippen MR) is 62.3 cm³/mol. The summed E-state index contributed by atoms with van der Waals surface area (Å²) in [5.41, 5.74) is 0.666. The Balaban J connectivity index is 2.01. The summed E-state index contributed by atoms with van der Waals surface area (Å²) in [5, 5.41) is -0.0593. The maximum absolute atomic E-state index is 11.8. The van der Waals surface area contributed by atoms with Gasteiger partial charge in [0.2, 0.25) is 5.12 Å². The molecule has 0 bridgehead atoms. The van der Waals surface area contributed by atoms with Crippen LogP contribution in [0.5, 0.6) is 0 Å². The minimum Gasteiger partial charge on any atom is -0.464 e. The molecule has 84 valence electrons. The lowest BCUT2D eigenvalue weighted by molar-refractivity contribution is -0.140. The second-order valence-electron chi connectivity index (χ2n) is 3.73. The molecule has 2 rings (SSSR count). The van der Waals surface area contributed by atoms with E-state index in [-0.39, 0.29) is 22.3 Å². The Kier molecular flexibility index (Phi) is 3.29. The number of hydrogen-bond acceptors (Lipinski definition) is 4. The topological polar surface area (TPSA) is 43.4 Å². The van der Waals surface area contributed by atoms with Crippen LogP contribution < -0.4 is 0 Å². The highest BCUT2D eigenvalue weighted by atomic mass is 32.2. The van der Waals surface area contributed by atoms with Gasteiger partial charge in [0, 0.05) is 5.56 Å². The fourth-order valence-corrected chi connectivity index (χ4v) is 2.51. The molecule has 0 saturated carbocycles. The SMILES string of the molecule is C[C@@H]1C(=O)OC[C@@H]1SC(=O)c1ccccc1. The number of hydrogen-bond donors (Lipinski definition) is 0. The van der Waals surface area contributed by atoms with Crippen molar-refractivity contribution in [2.75, 3.05) is 6.61 Å². The van der Waals surface area contributed by atoms with E-state index in [0.29, 0.717) is 12.2 Å². The van der Waals surface area contributed by atoms with E-state index in [9.17, 15) is 9.59 Å². The molecule has 0 N–H and O–H groups in total. The van der Waals surface area contributed by atoms with E-state index in [2.05, 4.69) is 0 Å². The molecule has 0 aliphatic carbocycles. The highest BCUT2D eigenvalue weighted by molar-refractivity contribution is 8.14. The van der Waals surface area contributed by atoms with Gasteiger partial charge in [-0.3, -0.25) is 9.59 Å². The van der Waals surface area contributed by atoms with E-state index < -0.39 is 0 Å². The van der Waals surface area contributed by atoms with Gasteiger partial charge in [-0.25, -0.2) is 0 Å². The van der Waals surface area contributed by atoms with Gasteiger partial charge in [-0.1, -0.05) is 49.0 Å². The second kappa shape index (κ2) is 4.70. The molecule has 0 amide bonds. The number of carbonyl (C=O) groups is 2. The van der Waals surface area contributed by atoms with Gasteiger partial charge >= 0.3 is 5.97 Å². The molecule has 1 aliphatic heterocycles. The second-order valence-corrected chi connectivity index (χ2v) is 4.94. The Morgan fingerprint density at radius 3 is 2.62 bits per heavy atom. The molecule has 0 aromatic heterocycles. The highest BCUT2D eigenvalue weighted by Gasteiger charge is 2.35. The number of cyclic esters (lactones) is 1. The number of esters is 1. The minimum absolute atomic E-state index is 0.00394. The molecule has 0 radical (unpaired) electrons. The van der Waals surface area contributed by atoms with Crippen LogP contribution in [0.15, 0.2) is 30.3 Å². The number of ether oxygens (including phenoxy) is 1. The normalized spacial score (nSPS) is 24.2. The molecular formula is C12H12O3S. The molecule has 1 aliphatic rings. The quantitative estimate of drug-likeness (QED) is 0.738. The van der Waals surface area contributed by atoms with Gasteiger partial charge in [0.15, 0.2) is 0 Å². The van der Waals surface area contributed by atoms with Crippen molar-refractivity contribution >= 4 is 22.8 Å². The third kappa shape index (κ3) is 2.27. The fraction of sp³-hybridized carbons (Fsp3) is 0.333. The van der Waals surface area contributed by atoms with E-state index in [0.717, 1.165) is 0 Å². The maximum Gasteiger partial charge on any atom is 0.309 e. The average Bonchev–Trinajstić information content (AvgIpc) is 2.62. The van der Waals surface area contributed by atoms with Crippen molar-refractivity contribution in [3.63, 3.8) is 0 Å². The van der Waals surface area contributed by atoms with Crippen LogP contribution in [0, 0.1) is 5.92 Å². The van der Waals surface area contributed by atoms with Gasteiger partial charge in [0.25, 0.3) is 0 Å². The first-order chi connectivity index (χ1) is 7.68.